The Balaban J connectivity index is 1.87. The number of hydrogen-bond donors (Lipinski definition) is 4. The number of carbonyl (C=O) groups excluding carboxylic acids is 2. The molecule has 2 bridgehead atoms. The first-order chi connectivity index (χ1) is 14.7. The summed E-state index contributed by atoms with van der Waals surface area (Å²) in [5.41, 5.74) is -4.50. The number of allylic oxidation sites excluding steroid dienone is 2. The molecule has 4 aliphatic rings. The highest BCUT2D eigenvalue weighted by Crippen LogP contribution is 2.73. The molecule has 0 aromatic heterocycles. The summed E-state index contributed by atoms with van der Waals surface area (Å²) in [6, 6.07) is 0. The highest BCUT2D eigenvalue weighted by molar-refractivity contribution is 5.95. The number of ether oxygens (including phenoxy) is 1. The SMILES string of the molecule is C/C=C(\C)C(=O)OCC1=C[C@@H]2C(=O)[C@]3(C=C(C)[C@H](O)[C@@]3(O)[C@@H]1O)[C@H](C)C[C@]1(O)[C@H]2C1(C)C. The minimum absolute atomic E-state index is 0.159. The van der Waals surface area contributed by atoms with Crippen LogP contribution in [0, 0.1) is 28.6 Å². The van der Waals surface area contributed by atoms with Crippen LogP contribution in [-0.4, -0.2) is 62.2 Å². The van der Waals surface area contributed by atoms with Crippen LogP contribution in [-0.2, 0) is 14.3 Å². The van der Waals surface area contributed by atoms with Crippen LogP contribution in [0.5, 0.6) is 0 Å². The summed E-state index contributed by atoms with van der Waals surface area (Å²) >= 11 is 0. The molecule has 0 radical (unpaired) electrons. The molecule has 4 N–H and O–H groups in total. The van der Waals surface area contributed by atoms with Crippen molar-refractivity contribution in [2.75, 3.05) is 6.61 Å². The molecule has 7 nitrogen and oxygen atoms in total. The standard InChI is InChI=1S/C25H34O7/c1-7-12(2)21(29)32-11-15-8-16-17-22(5,6)24(17,30)10-14(4)23(20(16)28)9-13(3)18(26)25(23,31)19(15)27/h7-9,14,16-19,26-27,30-31H,10-11H2,1-6H3/b12-7+/t14-,16+,17-,18+,19-,23+,24+,25-/m1/s1. The number of aliphatic hydroxyl groups excluding tert-OH is 2. The maximum atomic E-state index is 14.1. The van der Waals surface area contributed by atoms with Gasteiger partial charge in [0, 0.05) is 22.8 Å². The van der Waals surface area contributed by atoms with Crippen LogP contribution in [0.25, 0.3) is 0 Å². The minimum atomic E-state index is -2.23. The van der Waals surface area contributed by atoms with Crippen LogP contribution < -0.4 is 0 Å². The number of rotatable bonds is 3. The van der Waals surface area contributed by atoms with E-state index in [2.05, 4.69) is 0 Å². The third-order valence-electron chi connectivity index (χ3n) is 9.04. The molecule has 8 atom stereocenters. The normalized spacial score (nSPS) is 46.9. The van der Waals surface area contributed by atoms with Gasteiger partial charge in [0.1, 0.15) is 24.4 Å². The Bertz CT molecular complexity index is 975. The van der Waals surface area contributed by atoms with Crippen molar-refractivity contribution in [1.29, 1.82) is 0 Å². The van der Waals surface area contributed by atoms with Gasteiger partial charge in [-0.3, -0.25) is 4.79 Å². The zero-order valence-electron chi connectivity index (χ0n) is 19.5. The molecule has 4 rings (SSSR count). The topological polar surface area (TPSA) is 124 Å². The Hall–Kier alpha value is -1.80. The summed E-state index contributed by atoms with van der Waals surface area (Å²) in [6.07, 6.45) is 1.91. The van der Waals surface area contributed by atoms with Crippen LogP contribution in [0.4, 0.5) is 0 Å². The number of Topliss-reactive ketones (excluding diaryl/α,β-unsaturated/α-hetero) is 1. The van der Waals surface area contributed by atoms with Crippen molar-refractivity contribution >= 4 is 11.8 Å². The second-order valence-corrected chi connectivity index (χ2v) is 10.8. The molecule has 0 saturated heterocycles. The van der Waals surface area contributed by atoms with Crippen molar-refractivity contribution < 1.29 is 34.8 Å². The van der Waals surface area contributed by atoms with Crippen molar-refractivity contribution in [2.45, 2.75) is 71.4 Å². The summed E-state index contributed by atoms with van der Waals surface area (Å²) in [5.74, 6) is -2.64. The highest BCUT2D eigenvalue weighted by Gasteiger charge is 2.81. The molecule has 0 aromatic carbocycles. The van der Waals surface area contributed by atoms with Gasteiger partial charge in [0.05, 0.1) is 11.0 Å². The zero-order valence-corrected chi connectivity index (χ0v) is 19.5. The Kier molecular flexibility index (Phi) is 5.00. The average molecular weight is 447 g/mol. The molecule has 2 fully saturated rings. The van der Waals surface area contributed by atoms with E-state index in [4.69, 9.17) is 4.74 Å². The van der Waals surface area contributed by atoms with Gasteiger partial charge in [-0.2, -0.15) is 0 Å². The lowest BCUT2D eigenvalue weighted by atomic mass is 9.59. The van der Waals surface area contributed by atoms with Gasteiger partial charge >= 0.3 is 5.97 Å². The molecule has 0 amide bonds. The maximum absolute atomic E-state index is 14.1. The Morgan fingerprint density at radius 3 is 2.47 bits per heavy atom. The molecule has 0 aromatic rings. The van der Waals surface area contributed by atoms with E-state index >= 15 is 0 Å². The van der Waals surface area contributed by atoms with Crippen molar-refractivity contribution in [2.24, 2.45) is 28.6 Å². The van der Waals surface area contributed by atoms with E-state index in [0.29, 0.717) is 11.1 Å². The van der Waals surface area contributed by atoms with Gasteiger partial charge in [0.15, 0.2) is 5.78 Å². The van der Waals surface area contributed by atoms with Crippen molar-refractivity contribution in [3.8, 4) is 0 Å². The Morgan fingerprint density at radius 2 is 1.88 bits per heavy atom. The van der Waals surface area contributed by atoms with E-state index in [1.807, 2.05) is 13.8 Å². The molecule has 0 unspecified atom stereocenters. The molecule has 176 valence electrons. The Morgan fingerprint density at radius 1 is 1.25 bits per heavy atom. The lowest BCUT2D eigenvalue weighted by molar-refractivity contribution is -0.191. The average Bonchev–Trinajstić information content (AvgIpc) is 3.11. The molecule has 2 saturated carbocycles. The third-order valence-corrected chi connectivity index (χ3v) is 9.04. The zero-order chi connectivity index (χ0) is 24.0. The monoisotopic (exact) mass is 446 g/mol. The quantitative estimate of drug-likeness (QED) is 0.294. The predicted molar refractivity (Wildman–Crippen MR) is 116 cm³/mol. The second kappa shape index (κ2) is 6.86. The van der Waals surface area contributed by atoms with Crippen LogP contribution in [0.15, 0.2) is 34.9 Å². The largest absolute Gasteiger partial charge is 0.458 e. The van der Waals surface area contributed by atoms with Crippen molar-refractivity contribution in [3.63, 3.8) is 0 Å². The minimum Gasteiger partial charge on any atom is -0.458 e. The smallest absolute Gasteiger partial charge is 0.333 e. The van der Waals surface area contributed by atoms with Gasteiger partial charge in [0.25, 0.3) is 0 Å². The number of hydrogen-bond acceptors (Lipinski definition) is 7. The predicted octanol–water partition coefficient (Wildman–Crippen LogP) is 1.45. The summed E-state index contributed by atoms with van der Waals surface area (Å²) in [5, 5.41) is 45.8. The van der Waals surface area contributed by atoms with E-state index in [1.54, 1.807) is 45.9 Å². The number of fused-ring (bicyclic) bond motifs is 3. The highest BCUT2D eigenvalue weighted by atomic mass is 16.5. The molecule has 1 spiro atoms. The van der Waals surface area contributed by atoms with E-state index in [-0.39, 0.29) is 24.4 Å². The maximum Gasteiger partial charge on any atom is 0.333 e. The van der Waals surface area contributed by atoms with Crippen LogP contribution in [0.3, 0.4) is 0 Å². The van der Waals surface area contributed by atoms with E-state index in [1.165, 1.54) is 0 Å². The van der Waals surface area contributed by atoms with E-state index in [0.717, 1.165) is 0 Å². The summed E-state index contributed by atoms with van der Waals surface area (Å²) < 4.78 is 5.36. The molecule has 32 heavy (non-hydrogen) atoms. The molecule has 4 aliphatic carbocycles. The Labute approximate surface area is 188 Å². The fourth-order valence-corrected chi connectivity index (χ4v) is 6.90. The van der Waals surface area contributed by atoms with Gasteiger partial charge in [0.2, 0.25) is 0 Å². The third kappa shape index (κ3) is 2.51. The second-order valence-electron chi connectivity index (χ2n) is 10.8. The first kappa shape index (κ1) is 23.4. The summed E-state index contributed by atoms with van der Waals surface area (Å²) in [6.45, 7) is 10.2. The summed E-state index contributed by atoms with van der Waals surface area (Å²) in [4.78, 5) is 26.3. The number of carbonyl (C=O) groups is 2. The van der Waals surface area contributed by atoms with Gasteiger partial charge in [-0.25, -0.2) is 4.79 Å². The lowest BCUT2D eigenvalue weighted by Crippen LogP contribution is -2.65. The van der Waals surface area contributed by atoms with Crippen molar-refractivity contribution in [1.82, 2.24) is 0 Å². The van der Waals surface area contributed by atoms with Crippen LogP contribution >= 0.6 is 0 Å². The fraction of sp³-hybridized carbons (Fsp3) is 0.680. The van der Waals surface area contributed by atoms with Gasteiger partial charge in [-0.05, 0) is 44.3 Å². The molecular weight excluding hydrogens is 412 g/mol. The van der Waals surface area contributed by atoms with Gasteiger partial charge in [-0.1, -0.05) is 39.0 Å². The van der Waals surface area contributed by atoms with Crippen LogP contribution in [0.2, 0.25) is 0 Å². The number of ketones is 1. The molecular formula is C25H34O7. The summed E-state index contributed by atoms with van der Waals surface area (Å²) in [7, 11) is 0. The lowest BCUT2D eigenvalue weighted by Gasteiger charge is -2.48. The first-order valence-electron chi connectivity index (χ1n) is 11.3. The molecule has 0 heterocycles. The van der Waals surface area contributed by atoms with Gasteiger partial charge < -0.3 is 25.2 Å². The van der Waals surface area contributed by atoms with Crippen LogP contribution in [0.1, 0.15) is 48.0 Å². The van der Waals surface area contributed by atoms with Crippen molar-refractivity contribution in [3.05, 3.63) is 34.9 Å². The van der Waals surface area contributed by atoms with E-state index in [9.17, 15) is 30.0 Å². The number of aliphatic hydroxyl groups is 4. The van der Waals surface area contributed by atoms with E-state index < -0.39 is 58.0 Å². The van der Waals surface area contributed by atoms with Gasteiger partial charge in [-0.15, -0.1) is 0 Å². The molecule has 0 aliphatic heterocycles. The fourth-order valence-electron chi connectivity index (χ4n) is 6.90. The molecule has 7 heteroatoms. The first-order valence-corrected chi connectivity index (χ1v) is 11.3. The number of esters is 1.